The molecule has 1 aliphatic rings. The molecule has 0 radical (unpaired) electrons. The van der Waals surface area contributed by atoms with E-state index in [2.05, 4.69) is 0 Å². The highest BCUT2D eigenvalue weighted by Crippen LogP contribution is 2.33. The van der Waals surface area contributed by atoms with E-state index in [4.69, 9.17) is 4.74 Å². The number of nitrogens with zero attached hydrogens (tertiary/aromatic N) is 3. The van der Waals surface area contributed by atoms with E-state index in [0.29, 0.717) is 0 Å². The van der Waals surface area contributed by atoms with Crippen LogP contribution in [0.3, 0.4) is 0 Å². The van der Waals surface area contributed by atoms with Crippen molar-refractivity contribution in [3.05, 3.63) is 104 Å². The fourth-order valence-corrected chi connectivity index (χ4v) is 3.58. The number of ether oxygens (including phenoxy) is 1. The molecule has 0 spiro atoms. The van der Waals surface area contributed by atoms with E-state index < -0.39 is 23.5 Å². The summed E-state index contributed by atoms with van der Waals surface area (Å²) in [5.74, 6) is 0. The summed E-state index contributed by atoms with van der Waals surface area (Å²) in [5, 5.41) is 19.8. The first-order valence-corrected chi connectivity index (χ1v) is 10.2. The molecule has 1 fully saturated rings. The van der Waals surface area contributed by atoms with Crippen molar-refractivity contribution in [1.29, 1.82) is 5.26 Å². The Morgan fingerprint density at radius 2 is 1.61 bits per heavy atom. The van der Waals surface area contributed by atoms with Crippen molar-refractivity contribution in [2.24, 2.45) is 0 Å². The third-order valence-electron chi connectivity index (χ3n) is 5.31. The number of benzene rings is 2. The van der Waals surface area contributed by atoms with Gasteiger partial charge < -0.3 is 9.84 Å². The molecule has 0 aliphatic heterocycles. The van der Waals surface area contributed by atoms with E-state index in [-0.39, 0.29) is 24.8 Å². The van der Waals surface area contributed by atoms with Crippen LogP contribution in [0.15, 0.2) is 76.4 Å². The van der Waals surface area contributed by atoms with Gasteiger partial charge >= 0.3 is 5.69 Å². The molecule has 3 aromatic rings. The predicted molar refractivity (Wildman–Crippen MR) is 115 cm³/mol. The molecular weight excluding hydrogens is 394 g/mol. The summed E-state index contributed by atoms with van der Waals surface area (Å²) >= 11 is 0. The van der Waals surface area contributed by atoms with Crippen molar-refractivity contribution in [1.82, 2.24) is 9.13 Å². The molecule has 0 unspecified atom stereocenters. The maximum atomic E-state index is 12.7. The van der Waals surface area contributed by atoms with Crippen LogP contribution in [0.2, 0.25) is 0 Å². The second-order valence-corrected chi connectivity index (χ2v) is 7.68. The van der Waals surface area contributed by atoms with Crippen LogP contribution < -0.4 is 11.2 Å². The van der Waals surface area contributed by atoms with Crippen molar-refractivity contribution in [3.8, 4) is 6.07 Å². The number of nitriles is 1. The van der Waals surface area contributed by atoms with E-state index in [1.165, 1.54) is 10.8 Å². The highest BCUT2D eigenvalue weighted by molar-refractivity contribution is 5.30. The van der Waals surface area contributed by atoms with Gasteiger partial charge in [-0.1, -0.05) is 60.7 Å². The molecule has 0 amide bonds. The quantitative estimate of drug-likeness (QED) is 0.607. The van der Waals surface area contributed by atoms with E-state index >= 15 is 0 Å². The monoisotopic (exact) mass is 417 g/mol. The van der Waals surface area contributed by atoms with Crippen LogP contribution in [-0.4, -0.2) is 27.0 Å². The highest BCUT2D eigenvalue weighted by Gasteiger charge is 2.27. The average Bonchev–Trinajstić information content (AvgIpc) is 3.64. The van der Waals surface area contributed by atoms with Crippen molar-refractivity contribution < 1.29 is 9.84 Å². The highest BCUT2D eigenvalue weighted by atomic mass is 16.5. The van der Waals surface area contributed by atoms with Gasteiger partial charge in [-0.15, -0.1) is 0 Å². The van der Waals surface area contributed by atoms with E-state index in [0.717, 1.165) is 28.5 Å². The van der Waals surface area contributed by atoms with E-state index in [9.17, 15) is 20.0 Å². The molecule has 1 saturated carbocycles. The lowest BCUT2D eigenvalue weighted by molar-refractivity contribution is -0.00158. The maximum absolute atomic E-state index is 12.7. The van der Waals surface area contributed by atoms with Gasteiger partial charge in [0.15, 0.2) is 0 Å². The summed E-state index contributed by atoms with van der Waals surface area (Å²) in [6.45, 7) is -0.323. The largest absolute Gasteiger partial charge is 0.389 e. The minimum atomic E-state index is -1.10. The maximum Gasteiger partial charge on any atom is 0.331 e. The molecule has 7 nitrogen and oxygen atoms in total. The third-order valence-corrected chi connectivity index (χ3v) is 5.31. The summed E-state index contributed by atoms with van der Waals surface area (Å²) in [6, 6.07) is 21.1. The molecular formula is C24H23N3O4. The van der Waals surface area contributed by atoms with Crippen molar-refractivity contribution in [3.63, 3.8) is 0 Å². The van der Waals surface area contributed by atoms with E-state index in [1.807, 2.05) is 66.7 Å². The Morgan fingerprint density at radius 3 is 2.13 bits per heavy atom. The number of aliphatic hydroxyl groups excluding tert-OH is 1. The zero-order chi connectivity index (χ0) is 21.8. The van der Waals surface area contributed by atoms with Gasteiger partial charge in [-0.3, -0.25) is 13.9 Å². The summed E-state index contributed by atoms with van der Waals surface area (Å²) in [7, 11) is 0. The summed E-state index contributed by atoms with van der Waals surface area (Å²) < 4.78 is 8.39. The Morgan fingerprint density at radius 1 is 1.03 bits per heavy atom. The second kappa shape index (κ2) is 9.13. The Labute approximate surface area is 179 Å². The van der Waals surface area contributed by atoms with Gasteiger partial charge in [0.05, 0.1) is 19.3 Å². The van der Waals surface area contributed by atoms with Crippen LogP contribution in [0.1, 0.15) is 41.7 Å². The first-order valence-electron chi connectivity index (χ1n) is 10.2. The van der Waals surface area contributed by atoms with Gasteiger partial charge in [-0.05, 0) is 24.0 Å². The van der Waals surface area contributed by atoms with Gasteiger partial charge in [0.25, 0.3) is 5.56 Å². The lowest BCUT2D eigenvalue weighted by Gasteiger charge is -2.21. The number of aromatic nitrogens is 2. The molecule has 7 heteroatoms. The van der Waals surface area contributed by atoms with Crippen LogP contribution in [0.25, 0.3) is 0 Å². The smallest absolute Gasteiger partial charge is 0.331 e. The molecule has 0 saturated heterocycles. The van der Waals surface area contributed by atoms with Gasteiger partial charge in [-0.25, -0.2) is 4.79 Å². The molecule has 1 aliphatic carbocycles. The molecule has 0 bridgehead atoms. The van der Waals surface area contributed by atoms with Crippen molar-refractivity contribution in [2.75, 3.05) is 6.61 Å². The lowest BCUT2D eigenvalue weighted by Crippen LogP contribution is -2.43. The van der Waals surface area contributed by atoms with Gasteiger partial charge in [0, 0.05) is 12.2 Å². The minimum Gasteiger partial charge on any atom is -0.389 e. The number of hydrogen-bond donors (Lipinski definition) is 1. The molecule has 1 N–H and O–H groups in total. The van der Waals surface area contributed by atoms with Gasteiger partial charge in [0.2, 0.25) is 0 Å². The molecule has 1 heterocycles. The molecule has 158 valence electrons. The fourth-order valence-electron chi connectivity index (χ4n) is 3.58. The first-order chi connectivity index (χ1) is 15.1. The Hall–Kier alpha value is -3.47. The topological polar surface area (TPSA) is 97.2 Å². The summed E-state index contributed by atoms with van der Waals surface area (Å²) in [5.41, 5.74) is 0.562. The molecule has 4 rings (SSSR count). The summed E-state index contributed by atoms with van der Waals surface area (Å²) in [4.78, 5) is 25.2. The standard InChI is InChI=1S/C24H23N3O4/c25-13-19-14-26(20-11-12-20)24(30)27(23(19)29)15-21(28)16-31-22(17-7-3-1-4-8-17)18-9-5-2-6-10-18/h1-10,14,20-22,28H,11-12,15-16H2/t21-/m0/s1. The van der Waals surface area contributed by atoms with Crippen LogP contribution >= 0.6 is 0 Å². The van der Waals surface area contributed by atoms with Crippen LogP contribution in [0.4, 0.5) is 0 Å². The summed E-state index contributed by atoms with van der Waals surface area (Å²) in [6.07, 6.45) is 1.50. The first kappa shape index (κ1) is 20.8. The van der Waals surface area contributed by atoms with Crippen molar-refractivity contribution >= 4 is 0 Å². The third kappa shape index (κ3) is 4.66. The minimum absolute atomic E-state index is 0.0142. The van der Waals surface area contributed by atoms with Crippen molar-refractivity contribution in [2.45, 2.75) is 37.6 Å². The Balaban J connectivity index is 1.54. The zero-order valence-electron chi connectivity index (χ0n) is 16.9. The average molecular weight is 417 g/mol. The van der Waals surface area contributed by atoms with Crippen LogP contribution in [0, 0.1) is 11.3 Å². The molecule has 2 aromatic carbocycles. The molecule has 31 heavy (non-hydrogen) atoms. The Bertz CT molecular complexity index is 1150. The van der Waals surface area contributed by atoms with Gasteiger partial charge in [0.1, 0.15) is 17.7 Å². The van der Waals surface area contributed by atoms with Crippen LogP contribution in [0.5, 0.6) is 0 Å². The lowest BCUT2D eigenvalue weighted by atomic mass is 10.0. The normalized spacial score (nSPS) is 14.4. The predicted octanol–water partition coefficient (Wildman–Crippen LogP) is 2.38. The SMILES string of the molecule is N#Cc1cn(C2CC2)c(=O)n(C[C@H](O)COC(c2ccccc2)c2ccccc2)c1=O. The van der Waals surface area contributed by atoms with Crippen LogP contribution in [-0.2, 0) is 11.3 Å². The number of hydrogen-bond acceptors (Lipinski definition) is 5. The number of rotatable bonds is 8. The molecule has 1 aromatic heterocycles. The van der Waals surface area contributed by atoms with Gasteiger partial charge in [-0.2, -0.15) is 5.26 Å². The Kier molecular flexibility index (Phi) is 6.12. The number of aliphatic hydroxyl groups is 1. The second-order valence-electron chi connectivity index (χ2n) is 7.68. The zero-order valence-corrected chi connectivity index (χ0v) is 16.9. The molecule has 1 atom stereocenters. The fraction of sp³-hybridized carbons (Fsp3) is 0.292. The van der Waals surface area contributed by atoms with E-state index in [1.54, 1.807) is 0 Å².